The Labute approximate surface area is 567 Å². The molecule has 2 aromatic carbocycles. The van der Waals surface area contributed by atoms with Crippen molar-refractivity contribution < 1.29 is 25.1 Å². The Morgan fingerprint density at radius 3 is 0.705 bits per heavy atom. The van der Waals surface area contributed by atoms with E-state index in [0.29, 0.717) is 0 Å². The van der Waals surface area contributed by atoms with E-state index < -0.39 is 0 Å². The van der Waals surface area contributed by atoms with Gasteiger partial charge in [0.2, 0.25) is 11.4 Å². The van der Waals surface area contributed by atoms with Crippen LogP contribution in [-0.4, -0.2) is 4.70 Å². The van der Waals surface area contributed by atoms with Crippen molar-refractivity contribution in [1.29, 1.82) is 0 Å². The molecule has 0 fully saturated rings. The maximum atomic E-state index is 11.8. The van der Waals surface area contributed by atoms with Crippen molar-refractivity contribution in [1.82, 2.24) is 0 Å². The van der Waals surface area contributed by atoms with Gasteiger partial charge in [0, 0.05) is 22.3 Å². The van der Waals surface area contributed by atoms with E-state index in [-0.39, 0.29) is 20.4 Å². The van der Waals surface area contributed by atoms with Crippen LogP contribution in [0.4, 0.5) is 0 Å². The SMILES string of the molecule is CCCCCC1=C(c2cccc(CCCC)c2)[N+](=[N-])C(c2cccc(CCCC)c2)=C1CCCC.[CH2-]CCCCCCCCCCCCCCCCCCCCCCCCC.[CH2-]CCCCCCCCCCCCCCCCCCCCCCCCC.[Pd+2]. The number of benzene rings is 2. The van der Waals surface area contributed by atoms with E-state index in [2.05, 4.69) is 104 Å². The van der Waals surface area contributed by atoms with Crippen LogP contribution in [0.25, 0.3) is 16.9 Å². The molecule has 0 saturated heterocycles. The first-order valence-electron chi connectivity index (χ1n) is 39.7. The Balaban J connectivity index is 0.00000131. The van der Waals surface area contributed by atoms with Crippen LogP contribution < -0.4 is 0 Å². The first kappa shape index (κ1) is 86.2. The Morgan fingerprint density at radius 2 is 0.466 bits per heavy atom. The van der Waals surface area contributed by atoms with Gasteiger partial charge in [0.15, 0.2) is 0 Å². The second-order valence-electron chi connectivity index (χ2n) is 27.4. The topological polar surface area (TPSA) is 25.3 Å². The molecule has 1 aliphatic rings. The fourth-order valence-corrected chi connectivity index (χ4v) is 13.1. The van der Waals surface area contributed by atoms with Crippen molar-refractivity contribution in [3.8, 4) is 0 Å². The number of rotatable bonds is 61. The molecular formula is C85H152N2Pd. The van der Waals surface area contributed by atoms with E-state index in [1.54, 1.807) is 4.70 Å². The molecule has 1 heterocycles. The summed E-state index contributed by atoms with van der Waals surface area (Å²) in [4.78, 5) is 0. The summed E-state index contributed by atoms with van der Waals surface area (Å²) < 4.78 is 1.55. The average Bonchev–Trinajstić information content (AvgIpc) is 2.79. The maximum Gasteiger partial charge on any atom is 2.00 e. The molecule has 0 N–H and O–H groups in total. The van der Waals surface area contributed by atoms with Crippen molar-refractivity contribution in [3.63, 3.8) is 0 Å². The van der Waals surface area contributed by atoms with Gasteiger partial charge in [0.05, 0.1) is 0 Å². The number of allylic oxidation sites excluding steroid dienone is 2. The van der Waals surface area contributed by atoms with Crippen LogP contribution in [0.1, 0.15) is 443 Å². The first-order chi connectivity index (χ1) is 43.0. The molecule has 0 aliphatic carbocycles. The monoisotopic (exact) mass is 1310 g/mol. The van der Waals surface area contributed by atoms with Crippen LogP contribution in [0.5, 0.6) is 0 Å². The molecule has 0 atom stereocenters. The molecular weight excluding hydrogens is 1160 g/mol. The van der Waals surface area contributed by atoms with Gasteiger partial charge in [-0.2, -0.15) is 12.8 Å². The van der Waals surface area contributed by atoms with Crippen molar-refractivity contribution >= 4 is 11.4 Å². The number of hydrogen-bond acceptors (Lipinski definition) is 0. The largest absolute Gasteiger partial charge is 2.00 e. The van der Waals surface area contributed by atoms with Gasteiger partial charge in [-0.1, -0.05) is 393 Å². The molecule has 2 nitrogen and oxygen atoms in total. The molecule has 3 rings (SSSR count). The third-order valence-corrected chi connectivity index (χ3v) is 18.9. The zero-order chi connectivity index (χ0) is 63.0. The third kappa shape index (κ3) is 48.9. The number of nitrogens with zero attached hydrogens (tertiary/aromatic N) is 2. The number of aryl methyl sites for hydroxylation is 2. The zero-order valence-corrected chi connectivity index (χ0v) is 61.9. The summed E-state index contributed by atoms with van der Waals surface area (Å²) in [6.07, 6.45) is 84.5. The molecule has 0 aromatic heterocycles. The maximum absolute atomic E-state index is 11.8. The predicted molar refractivity (Wildman–Crippen MR) is 395 cm³/mol. The van der Waals surface area contributed by atoms with Crippen molar-refractivity contribution in [2.24, 2.45) is 0 Å². The smallest absolute Gasteiger partial charge is 0.493 e. The molecule has 0 radical (unpaired) electrons. The van der Waals surface area contributed by atoms with E-state index in [9.17, 15) is 5.53 Å². The number of unbranched alkanes of at least 4 members (excludes halogenated alkanes) is 51. The molecule has 0 saturated carbocycles. The van der Waals surface area contributed by atoms with Gasteiger partial charge in [-0.3, -0.25) is 0 Å². The minimum atomic E-state index is 0. The second-order valence-corrected chi connectivity index (χ2v) is 27.4. The second kappa shape index (κ2) is 68.1. The van der Waals surface area contributed by atoms with Gasteiger partial charge in [-0.25, -0.2) is 4.70 Å². The standard InChI is InChI=1S/C33H46N2.2C26H53.Pd/c1-5-9-13-23-31-30(22-12-8-4)32(28-20-14-18-26(24-28)16-10-6-2)35(34)33(31)29-21-15-19-27(25-29)17-11-7-3;2*1-3-5-7-9-11-13-15-17-19-21-23-25-26-24-22-20-18-16-14-12-10-8-6-4-2;/h14-15,18-21,24-25H,5-13,16-17,22-23H2,1-4H3;2*1,3-26H2,2H3;/q;2*-1;+2. The Bertz CT molecular complexity index is 1740. The molecule has 1 aliphatic heterocycles. The Kier molecular flexibility index (Phi) is 66.6. The molecule has 0 spiro atoms. The summed E-state index contributed by atoms with van der Waals surface area (Å²) >= 11 is 0. The minimum Gasteiger partial charge on any atom is -0.493 e. The summed E-state index contributed by atoms with van der Waals surface area (Å²) in [6, 6.07) is 17.8. The fraction of sp³-hybridized carbons (Fsp3) is 0.788. The van der Waals surface area contributed by atoms with Gasteiger partial charge < -0.3 is 19.4 Å². The van der Waals surface area contributed by atoms with Gasteiger partial charge >= 0.3 is 20.4 Å². The first-order valence-corrected chi connectivity index (χ1v) is 39.7. The normalized spacial score (nSPS) is 12.2. The fourth-order valence-electron chi connectivity index (χ4n) is 13.1. The van der Waals surface area contributed by atoms with Crippen LogP contribution in [0.2, 0.25) is 0 Å². The van der Waals surface area contributed by atoms with E-state index in [1.807, 2.05) is 0 Å². The molecule has 3 heteroatoms. The van der Waals surface area contributed by atoms with Crippen LogP contribution in [0, 0.1) is 13.8 Å². The summed E-state index contributed by atoms with van der Waals surface area (Å²) in [7, 11) is 0. The minimum absolute atomic E-state index is 0. The van der Waals surface area contributed by atoms with Crippen molar-refractivity contribution in [2.45, 2.75) is 433 Å². The van der Waals surface area contributed by atoms with Crippen LogP contribution in [-0.2, 0) is 33.3 Å². The quantitative estimate of drug-likeness (QED) is 0.0273. The predicted octanol–water partition coefficient (Wildman–Crippen LogP) is 30.7. The molecule has 0 bridgehead atoms. The molecule has 512 valence electrons. The summed E-state index contributed by atoms with van der Waals surface area (Å²) in [5, 5.41) is 0. The van der Waals surface area contributed by atoms with Crippen LogP contribution >= 0.6 is 0 Å². The van der Waals surface area contributed by atoms with E-state index in [4.69, 9.17) is 0 Å². The van der Waals surface area contributed by atoms with Crippen molar-refractivity contribution in [2.75, 3.05) is 0 Å². The molecule has 0 unspecified atom stereocenters. The summed E-state index contributed by atoms with van der Waals surface area (Å²) in [6.45, 7) is 21.4. The average molecular weight is 1310 g/mol. The van der Waals surface area contributed by atoms with E-state index >= 15 is 0 Å². The molecule has 2 aromatic rings. The number of hydrogen-bond donors (Lipinski definition) is 0. The van der Waals surface area contributed by atoms with Gasteiger partial charge in [-0.05, 0) is 86.8 Å². The van der Waals surface area contributed by atoms with Gasteiger partial charge in [0.25, 0.3) is 0 Å². The Hall–Kier alpha value is -1.82. The summed E-state index contributed by atoms with van der Waals surface area (Å²) in [5.74, 6) is 0. The molecule has 88 heavy (non-hydrogen) atoms. The van der Waals surface area contributed by atoms with Crippen LogP contribution in [0.15, 0.2) is 59.7 Å². The van der Waals surface area contributed by atoms with Gasteiger partial charge in [-0.15, -0.1) is 0 Å². The molecule has 0 amide bonds. The van der Waals surface area contributed by atoms with Crippen LogP contribution in [0.3, 0.4) is 0 Å². The van der Waals surface area contributed by atoms with Crippen molar-refractivity contribution in [3.05, 3.63) is 101 Å². The zero-order valence-electron chi connectivity index (χ0n) is 60.4. The summed E-state index contributed by atoms with van der Waals surface area (Å²) in [5.41, 5.74) is 21.6. The van der Waals surface area contributed by atoms with E-state index in [0.717, 1.165) is 80.3 Å². The van der Waals surface area contributed by atoms with Gasteiger partial charge in [0.1, 0.15) is 0 Å². The Morgan fingerprint density at radius 1 is 0.261 bits per heavy atom. The third-order valence-electron chi connectivity index (χ3n) is 18.9. The van der Waals surface area contributed by atoms with E-state index in [1.165, 1.54) is 356 Å².